The number of ether oxygens (including phenoxy) is 1. The zero-order valence-corrected chi connectivity index (χ0v) is 19.2. The quantitative estimate of drug-likeness (QED) is 0.227. The van der Waals surface area contributed by atoms with Gasteiger partial charge >= 0.3 is 0 Å². The number of nitrogens with one attached hydrogen (secondary N) is 1. The summed E-state index contributed by atoms with van der Waals surface area (Å²) in [7, 11) is 0. The maximum absolute atomic E-state index is 12.7. The van der Waals surface area contributed by atoms with Gasteiger partial charge in [0.05, 0.1) is 16.4 Å². The van der Waals surface area contributed by atoms with Crippen molar-refractivity contribution in [2.45, 2.75) is 32.2 Å². The number of non-ortho nitro benzene ring substituents is 1. The number of benzene rings is 3. The average Bonchev–Trinajstić information content (AvgIpc) is 2.88. The summed E-state index contributed by atoms with van der Waals surface area (Å²) in [5.74, 6) is 0.839. The Morgan fingerprint density at radius 3 is 2.49 bits per heavy atom. The van der Waals surface area contributed by atoms with Gasteiger partial charge in [0.1, 0.15) is 22.8 Å². The molecule has 0 bridgehead atoms. The Balaban J connectivity index is 1.76. The van der Waals surface area contributed by atoms with Crippen molar-refractivity contribution in [1.29, 1.82) is 0 Å². The predicted molar refractivity (Wildman–Crippen MR) is 133 cm³/mol. The summed E-state index contributed by atoms with van der Waals surface area (Å²) < 4.78 is 5.85. The molecule has 178 valence electrons. The predicted octanol–water partition coefficient (Wildman–Crippen LogP) is 6.04. The first-order valence-electron chi connectivity index (χ1n) is 11.3. The molecule has 0 aliphatic carbocycles. The number of aromatic hydroxyl groups is 1. The number of carbonyl (C=O) groups excluding carboxylic acids is 1. The number of rotatable bonds is 9. The largest absolute Gasteiger partial charge is 0.505 e. The molecule has 4 rings (SSSR count). The second-order valence-corrected chi connectivity index (χ2v) is 8.08. The monoisotopic (exact) mass is 471 g/mol. The Labute approximate surface area is 202 Å². The van der Waals surface area contributed by atoms with E-state index in [2.05, 4.69) is 10.3 Å². The van der Waals surface area contributed by atoms with Gasteiger partial charge in [-0.3, -0.25) is 19.9 Å². The molecule has 1 amide bonds. The Morgan fingerprint density at radius 2 is 1.80 bits per heavy atom. The average molecular weight is 472 g/mol. The van der Waals surface area contributed by atoms with Crippen molar-refractivity contribution < 1.29 is 19.6 Å². The van der Waals surface area contributed by atoms with E-state index in [1.54, 1.807) is 30.3 Å². The van der Waals surface area contributed by atoms with E-state index in [0.29, 0.717) is 29.9 Å². The lowest BCUT2D eigenvalue weighted by molar-refractivity contribution is -0.383. The van der Waals surface area contributed by atoms with Crippen LogP contribution in [-0.4, -0.2) is 20.9 Å². The van der Waals surface area contributed by atoms with Crippen LogP contribution in [0.1, 0.15) is 43.4 Å². The highest BCUT2D eigenvalue weighted by Gasteiger charge is 2.27. The van der Waals surface area contributed by atoms with Gasteiger partial charge in [-0.15, -0.1) is 0 Å². The van der Waals surface area contributed by atoms with Crippen LogP contribution in [0.2, 0.25) is 0 Å². The molecule has 2 N–H and O–H groups in total. The number of aromatic nitrogens is 1. The number of carbonyl (C=O) groups is 1. The third kappa shape index (κ3) is 5.38. The first-order chi connectivity index (χ1) is 17.0. The summed E-state index contributed by atoms with van der Waals surface area (Å²) in [6, 6.07) is 19.9. The molecule has 4 aromatic rings. The molecule has 0 radical (unpaired) electrons. The zero-order chi connectivity index (χ0) is 24.8. The summed E-state index contributed by atoms with van der Waals surface area (Å²) in [4.78, 5) is 28.2. The van der Waals surface area contributed by atoms with E-state index in [4.69, 9.17) is 4.74 Å². The minimum Gasteiger partial charge on any atom is -0.505 e. The molecule has 8 nitrogen and oxygen atoms in total. The zero-order valence-electron chi connectivity index (χ0n) is 19.2. The SMILES string of the molecule is CCCCC(=O)NC(c1ccc(Oc2ccccc2)cc1)c1cc([N+](=O)[O-])c2cccnc2c1O. The van der Waals surface area contributed by atoms with E-state index in [1.807, 2.05) is 37.3 Å². The maximum atomic E-state index is 12.7. The van der Waals surface area contributed by atoms with Gasteiger partial charge in [-0.05, 0) is 48.4 Å². The molecule has 8 heteroatoms. The number of amides is 1. The topological polar surface area (TPSA) is 115 Å². The minimum absolute atomic E-state index is 0.105. The van der Waals surface area contributed by atoms with Gasteiger partial charge in [0, 0.05) is 24.2 Å². The number of phenolic OH excluding ortho intramolecular Hbond substituents is 1. The summed E-state index contributed by atoms with van der Waals surface area (Å²) >= 11 is 0. The van der Waals surface area contributed by atoms with Gasteiger partial charge < -0.3 is 15.2 Å². The van der Waals surface area contributed by atoms with E-state index >= 15 is 0 Å². The molecule has 1 atom stereocenters. The fraction of sp³-hybridized carbons (Fsp3) is 0.185. The molecule has 0 fully saturated rings. The molecule has 0 saturated heterocycles. The number of phenols is 1. The van der Waals surface area contributed by atoms with E-state index in [0.717, 1.165) is 6.42 Å². The Bertz CT molecular complexity index is 1340. The van der Waals surface area contributed by atoms with Gasteiger partial charge in [-0.1, -0.05) is 43.7 Å². The number of hydrogen-bond donors (Lipinski definition) is 2. The number of para-hydroxylation sites is 1. The third-order valence-electron chi connectivity index (χ3n) is 5.64. The molecule has 0 aliphatic rings. The van der Waals surface area contributed by atoms with Crippen molar-refractivity contribution in [1.82, 2.24) is 10.3 Å². The highest BCUT2D eigenvalue weighted by atomic mass is 16.6. The van der Waals surface area contributed by atoms with Crippen LogP contribution in [0, 0.1) is 10.1 Å². The molecule has 0 saturated carbocycles. The molecule has 35 heavy (non-hydrogen) atoms. The van der Waals surface area contributed by atoms with Crippen LogP contribution in [-0.2, 0) is 4.79 Å². The first-order valence-corrected chi connectivity index (χ1v) is 11.3. The van der Waals surface area contributed by atoms with E-state index in [9.17, 15) is 20.0 Å². The van der Waals surface area contributed by atoms with Crippen molar-refractivity contribution in [2.24, 2.45) is 0 Å². The van der Waals surface area contributed by atoms with Crippen LogP contribution >= 0.6 is 0 Å². The maximum Gasteiger partial charge on any atom is 0.279 e. The summed E-state index contributed by atoms with van der Waals surface area (Å²) in [5.41, 5.74) is 0.742. The highest BCUT2D eigenvalue weighted by molar-refractivity contribution is 5.94. The van der Waals surface area contributed by atoms with Gasteiger partial charge in [0.15, 0.2) is 0 Å². The Morgan fingerprint density at radius 1 is 1.09 bits per heavy atom. The standard InChI is InChI=1S/C27H25N3O5/c1-2-3-11-24(31)29-25(18-12-14-20(15-13-18)35-19-8-5-4-6-9-19)22-17-23(30(33)34)21-10-7-16-28-26(21)27(22)32/h4-10,12-17,25,32H,2-3,11H2,1H3,(H,29,31). The minimum atomic E-state index is -0.824. The number of unbranched alkanes of at least 4 members (excludes halogenated alkanes) is 1. The lowest BCUT2D eigenvalue weighted by Crippen LogP contribution is -2.29. The van der Waals surface area contributed by atoms with Crippen LogP contribution in [0.5, 0.6) is 17.2 Å². The molecular formula is C27H25N3O5. The fourth-order valence-electron chi connectivity index (χ4n) is 3.87. The van der Waals surface area contributed by atoms with Crippen LogP contribution in [0.15, 0.2) is 79.0 Å². The van der Waals surface area contributed by atoms with Crippen molar-refractivity contribution >= 4 is 22.5 Å². The molecule has 1 heterocycles. The molecule has 0 aliphatic heterocycles. The molecule has 1 unspecified atom stereocenters. The summed E-state index contributed by atoms with van der Waals surface area (Å²) in [6.07, 6.45) is 3.31. The number of hydrogen-bond acceptors (Lipinski definition) is 6. The van der Waals surface area contributed by atoms with E-state index < -0.39 is 11.0 Å². The lowest BCUT2D eigenvalue weighted by Gasteiger charge is -2.22. The van der Waals surface area contributed by atoms with Crippen LogP contribution < -0.4 is 10.1 Å². The van der Waals surface area contributed by atoms with Crippen LogP contribution in [0.25, 0.3) is 10.9 Å². The van der Waals surface area contributed by atoms with Crippen molar-refractivity contribution in [3.63, 3.8) is 0 Å². The number of nitrogens with zero attached hydrogens (tertiary/aromatic N) is 2. The number of nitro groups is 1. The van der Waals surface area contributed by atoms with Crippen molar-refractivity contribution in [3.8, 4) is 17.2 Å². The van der Waals surface area contributed by atoms with Gasteiger partial charge in [-0.2, -0.15) is 0 Å². The van der Waals surface area contributed by atoms with Gasteiger partial charge in [0.2, 0.25) is 5.91 Å². The van der Waals surface area contributed by atoms with Crippen LogP contribution in [0.4, 0.5) is 5.69 Å². The summed E-state index contributed by atoms with van der Waals surface area (Å²) in [6.45, 7) is 1.99. The van der Waals surface area contributed by atoms with Crippen molar-refractivity contribution in [3.05, 3.63) is 100 Å². The fourth-order valence-corrected chi connectivity index (χ4v) is 3.87. The molecule has 1 aromatic heterocycles. The summed E-state index contributed by atoms with van der Waals surface area (Å²) in [5, 5.41) is 26.0. The number of fused-ring (bicyclic) bond motifs is 1. The number of nitro benzene ring substituents is 1. The number of pyridine rings is 1. The van der Waals surface area contributed by atoms with Gasteiger partial charge in [0.25, 0.3) is 5.69 Å². The van der Waals surface area contributed by atoms with E-state index in [1.165, 1.54) is 18.3 Å². The van der Waals surface area contributed by atoms with Crippen molar-refractivity contribution in [2.75, 3.05) is 0 Å². The van der Waals surface area contributed by atoms with E-state index in [-0.39, 0.29) is 33.8 Å². The van der Waals surface area contributed by atoms with Crippen LogP contribution in [0.3, 0.4) is 0 Å². The van der Waals surface area contributed by atoms with Gasteiger partial charge in [-0.25, -0.2) is 0 Å². The lowest BCUT2D eigenvalue weighted by atomic mass is 9.95. The Kier molecular flexibility index (Phi) is 7.21. The smallest absolute Gasteiger partial charge is 0.279 e. The molecular weight excluding hydrogens is 446 g/mol. The normalized spacial score (nSPS) is 11.7. The first kappa shape index (κ1) is 23.7. The second kappa shape index (κ2) is 10.6. The second-order valence-electron chi connectivity index (χ2n) is 8.08. The molecule has 0 spiro atoms. The molecule has 3 aromatic carbocycles. The highest BCUT2D eigenvalue weighted by Crippen LogP contribution is 2.40. The third-order valence-corrected chi connectivity index (χ3v) is 5.64. The Hall–Kier alpha value is -4.46.